The molecule has 0 radical (unpaired) electrons. The summed E-state index contributed by atoms with van der Waals surface area (Å²) in [6, 6.07) is 38.3. The summed E-state index contributed by atoms with van der Waals surface area (Å²) in [4.78, 5) is 8.46. The van der Waals surface area contributed by atoms with Crippen LogP contribution in [0.15, 0.2) is 134 Å². The first-order chi connectivity index (χ1) is 19.3. The van der Waals surface area contributed by atoms with Gasteiger partial charge in [-0.2, -0.15) is 0 Å². The van der Waals surface area contributed by atoms with Crippen molar-refractivity contribution in [3.05, 3.63) is 134 Å². The lowest BCUT2D eigenvalue weighted by Crippen LogP contribution is -2.52. The Morgan fingerprint density at radius 1 is 0.538 bits per heavy atom. The molecule has 0 bridgehead atoms. The zero-order chi connectivity index (χ0) is 25.8. The van der Waals surface area contributed by atoms with Gasteiger partial charge in [0.1, 0.15) is 0 Å². The minimum Gasteiger partial charge on any atom is -0.551 e. The van der Waals surface area contributed by atoms with E-state index in [1.54, 1.807) is 0 Å². The average molecular weight is 499 g/mol. The number of aromatic nitrogens is 3. The number of fused-ring (bicyclic) bond motifs is 5. The molecule has 7 aromatic rings. The fraction of sp³-hybridized carbons (Fsp3) is 0. The van der Waals surface area contributed by atoms with Crippen molar-refractivity contribution in [2.75, 3.05) is 0 Å². The molecule has 39 heavy (non-hydrogen) atoms. The number of hydrogen-bond donors (Lipinski definition) is 0. The van der Waals surface area contributed by atoms with E-state index in [4.69, 9.17) is 4.65 Å². The zero-order valence-electron chi connectivity index (χ0n) is 21.0. The molecule has 4 aromatic carbocycles. The summed E-state index contributed by atoms with van der Waals surface area (Å²) in [6.45, 7) is -0.246. The van der Waals surface area contributed by atoms with E-state index in [1.165, 1.54) is 27.4 Å². The van der Waals surface area contributed by atoms with Crippen molar-refractivity contribution in [3.8, 4) is 33.7 Å². The summed E-state index contributed by atoms with van der Waals surface area (Å²) in [5, 5.41) is 2.42. The smallest absolute Gasteiger partial charge is 0.430 e. The number of para-hydroxylation sites is 2. The Morgan fingerprint density at radius 2 is 1.21 bits per heavy atom. The second-order valence-electron chi connectivity index (χ2n) is 9.87. The predicted octanol–water partition coefficient (Wildman–Crippen LogP) is 6.41. The van der Waals surface area contributed by atoms with Crippen LogP contribution in [0.1, 0.15) is 0 Å². The maximum atomic E-state index is 6.78. The molecule has 0 amide bonds. The minimum absolute atomic E-state index is 0.246. The first-order valence-corrected chi connectivity index (χ1v) is 13.1. The number of pyridine rings is 2. The van der Waals surface area contributed by atoms with E-state index >= 15 is 0 Å². The Hall–Kier alpha value is -5.16. The van der Waals surface area contributed by atoms with Gasteiger partial charge in [0.15, 0.2) is 0 Å². The molecular weight excluding hydrogens is 477 g/mol. The number of nitrogens with zero attached hydrogens (tertiary/aromatic N) is 3. The third-order valence-electron chi connectivity index (χ3n) is 7.66. The van der Waals surface area contributed by atoms with E-state index in [2.05, 4.69) is 93.4 Å². The maximum Gasteiger partial charge on any atom is 0.430 e. The Kier molecular flexibility index (Phi) is 4.89. The van der Waals surface area contributed by atoms with Gasteiger partial charge in [0, 0.05) is 41.2 Å². The van der Waals surface area contributed by atoms with E-state index in [0.717, 1.165) is 39.1 Å². The van der Waals surface area contributed by atoms with Gasteiger partial charge in [-0.1, -0.05) is 48.5 Å². The average Bonchev–Trinajstić information content (AvgIpc) is 3.34. The molecule has 0 atom stereocenters. The summed E-state index contributed by atoms with van der Waals surface area (Å²) in [7, 11) is 0. The lowest BCUT2D eigenvalue weighted by Gasteiger charge is -2.27. The van der Waals surface area contributed by atoms with Crippen LogP contribution in [0.3, 0.4) is 0 Å². The Morgan fingerprint density at radius 3 is 1.97 bits per heavy atom. The van der Waals surface area contributed by atoms with E-state index < -0.39 is 0 Å². The highest BCUT2D eigenvalue weighted by Crippen LogP contribution is 2.38. The summed E-state index contributed by atoms with van der Waals surface area (Å²) in [6.07, 6.45) is 7.39. The fourth-order valence-electron chi connectivity index (χ4n) is 5.91. The lowest BCUT2D eigenvalue weighted by molar-refractivity contribution is 0.591. The molecule has 1 aliphatic rings. The van der Waals surface area contributed by atoms with Gasteiger partial charge >= 0.3 is 6.92 Å². The van der Waals surface area contributed by atoms with E-state index in [1.807, 2.05) is 55.1 Å². The monoisotopic (exact) mass is 499 g/mol. The summed E-state index contributed by atoms with van der Waals surface area (Å²) >= 11 is 0. The number of benzene rings is 4. The molecule has 4 nitrogen and oxygen atoms in total. The van der Waals surface area contributed by atoms with Crippen molar-refractivity contribution >= 4 is 39.6 Å². The highest BCUT2D eigenvalue weighted by atomic mass is 16.4. The second-order valence-corrected chi connectivity index (χ2v) is 9.87. The van der Waals surface area contributed by atoms with Crippen LogP contribution >= 0.6 is 0 Å². The lowest BCUT2D eigenvalue weighted by atomic mass is 9.52. The van der Waals surface area contributed by atoms with E-state index in [0.29, 0.717) is 0 Å². The van der Waals surface area contributed by atoms with E-state index in [-0.39, 0.29) is 6.92 Å². The van der Waals surface area contributed by atoms with Gasteiger partial charge < -0.3 is 9.22 Å². The quantitative estimate of drug-likeness (QED) is 0.263. The molecule has 0 fully saturated rings. The topological polar surface area (TPSA) is 39.9 Å². The second kappa shape index (κ2) is 8.71. The molecule has 0 unspecified atom stereocenters. The fourth-order valence-corrected chi connectivity index (χ4v) is 5.91. The normalized spacial score (nSPS) is 12.1. The molecule has 0 saturated heterocycles. The van der Waals surface area contributed by atoms with Crippen molar-refractivity contribution in [2.45, 2.75) is 0 Å². The first-order valence-electron chi connectivity index (χ1n) is 13.1. The SMILES string of the molecule is c1ccc(OB2c3ccccc3-n3c4ccc(-c5ccncc5)cc4c4cc(-c5ccncc5)cc2c43)cc1. The molecule has 182 valence electrons. The van der Waals surface area contributed by atoms with Crippen LogP contribution in [0.5, 0.6) is 5.75 Å². The molecule has 3 aromatic heterocycles. The van der Waals surface area contributed by atoms with Gasteiger partial charge in [0.05, 0.1) is 16.8 Å². The first kappa shape index (κ1) is 21.9. The van der Waals surface area contributed by atoms with Crippen LogP contribution in [0.2, 0.25) is 0 Å². The minimum atomic E-state index is -0.246. The van der Waals surface area contributed by atoms with Crippen molar-refractivity contribution in [1.29, 1.82) is 0 Å². The number of rotatable bonds is 4. The van der Waals surface area contributed by atoms with Crippen molar-refractivity contribution in [3.63, 3.8) is 0 Å². The molecular formula is C34H22BN3O. The van der Waals surface area contributed by atoms with Crippen LogP contribution in [0.25, 0.3) is 49.7 Å². The van der Waals surface area contributed by atoms with Gasteiger partial charge in [-0.25, -0.2) is 0 Å². The highest BCUT2D eigenvalue weighted by Gasteiger charge is 2.36. The van der Waals surface area contributed by atoms with Gasteiger partial charge in [-0.05, 0) is 93.8 Å². The van der Waals surface area contributed by atoms with Crippen LogP contribution in [-0.2, 0) is 0 Å². The molecule has 5 heteroatoms. The van der Waals surface area contributed by atoms with Gasteiger partial charge in [-0.15, -0.1) is 0 Å². The molecule has 0 aliphatic carbocycles. The van der Waals surface area contributed by atoms with Crippen LogP contribution < -0.4 is 15.6 Å². The van der Waals surface area contributed by atoms with Crippen molar-refractivity contribution < 1.29 is 4.65 Å². The maximum absolute atomic E-state index is 6.78. The van der Waals surface area contributed by atoms with Crippen molar-refractivity contribution in [1.82, 2.24) is 14.5 Å². The zero-order valence-corrected chi connectivity index (χ0v) is 21.0. The largest absolute Gasteiger partial charge is 0.551 e. The number of hydrogen-bond acceptors (Lipinski definition) is 3. The highest BCUT2D eigenvalue weighted by molar-refractivity contribution is 6.84. The molecule has 0 N–H and O–H groups in total. The van der Waals surface area contributed by atoms with Gasteiger partial charge in [-0.3, -0.25) is 9.97 Å². The Balaban J connectivity index is 1.47. The van der Waals surface area contributed by atoms with Gasteiger partial charge in [0.2, 0.25) is 0 Å². The predicted molar refractivity (Wildman–Crippen MR) is 159 cm³/mol. The van der Waals surface area contributed by atoms with Crippen LogP contribution in [0, 0.1) is 0 Å². The molecule has 0 spiro atoms. The third-order valence-corrected chi connectivity index (χ3v) is 7.66. The molecule has 8 rings (SSSR count). The summed E-state index contributed by atoms with van der Waals surface area (Å²) < 4.78 is 9.19. The Labute approximate surface area is 226 Å². The van der Waals surface area contributed by atoms with Crippen LogP contribution in [0.4, 0.5) is 0 Å². The van der Waals surface area contributed by atoms with Crippen LogP contribution in [-0.4, -0.2) is 21.5 Å². The summed E-state index contributed by atoms with van der Waals surface area (Å²) in [5.74, 6) is 0.851. The van der Waals surface area contributed by atoms with Crippen molar-refractivity contribution in [2.24, 2.45) is 0 Å². The standard InChI is InChI=1S/C34H22BN3O/c1-2-6-27(7-3-1)39-35-30-8-4-5-9-33(30)38-32-11-10-25(23-12-16-36-17-13-23)20-28(32)29-21-26(22-31(35)34(29)38)24-14-18-37-19-15-24/h1-22H. The summed E-state index contributed by atoms with van der Waals surface area (Å²) in [5.41, 5.74) is 10.4. The molecule has 1 aliphatic heterocycles. The molecule has 4 heterocycles. The molecule has 0 saturated carbocycles. The Bertz CT molecular complexity index is 1990. The van der Waals surface area contributed by atoms with Gasteiger partial charge in [0.25, 0.3) is 0 Å². The van der Waals surface area contributed by atoms with E-state index in [9.17, 15) is 0 Å². The third kappa shape index (κ3) is 3.47.